The molecule has 0 unspecified atom stereocenters. The van der Waals surface area contributed by atoms with Gasteiger partial charge in [-0.3, -0.25) is 9.69 Å². The lowest BCUT2D eigenvalue weighted by molar-refractivity contribution is -0.139. The van der Waals surface area contributed by atoms with Gasteiger partial charge in [-0.25, -0.2) is 9.79 Å². The number of amidine groups is 1. The SMILES string of the molecule is Cc1ccc(N=C2S/C(=C/c3ccc(OCC(=O)O)cc3)C(=O)N2CC(C)C)cc1. The lowest BCUT2D eigenvalue weighted by Gasteiger charge is -2.17. The average Bonchev–Trinajstić information content (AvgIpc) is 2.97. The minimum atomic E-state index is -1.03. The van der Waals surface area contributed by atoms with Crippen LogP contribution in [0, 0.1) is 12.8 Å². The predicted molar refractivity (Wildman–Crippen MR) is 120 cm³/mol. The van der Waals surface area contributed by atoms with E-state index in [1.54, 1.807) is 29.2 Å². The Balaban J connectivity index is 1.83. The summed E-state index contributed by atoms with van der Waals surface area (Å²) in [5.74, 6) is -0.318. The van der Waals surface area contributed by atoms with Gasteiger partial charge in [0.15, 0.2) is 11.8 Å². The fraction of sp³-hybridized carbons (Fsp3) is 0.261. The first-order chi connectivity index (χ1) is 14.3. The van der Waals surface area contributed by atoms with Gasteiger partial charge in [0.1, 0.15) is 5.75 Å². The molecule has 6 nitrogen and oxygen atoms in total. The van der Waals surface area contributed by atoms with E-state index in [9.17, 15) is 9.59 Å². The van der Waals surface area contributed by atoms with Crippen LogP contribution in [0.4, 0.5) is 5.69 Å². The van der Waals surface area contributed by atoms with E-state index in [4.69, 9.17) is 14.8 Å². The molecule has 0 aliphatic carbocycles. The Hall–Kier alpha value is -3.06. The quantitative estimate of drug-likeness (QED) is 0.651. The summed E-state index contributed by atoms with van der Waals surface area (Å²) in [6, 6.07) is 14.8. The van der Waals surface area contributed by atoms with Crippen molar-refractivity contribution in [3.63, 3.8) is 0 Å². The standard InChI is InChI=1S/C23H24N2O4S/c1-15(2)13-25-22(28)20(30-23(25)24-18-8-4-16(3)5-9-18)12-17-6-10-19(11-7-17)29-14-21(26)27/h4-12,15H,13-14H2,1-3H3,(H,26,27)/b20-12+,24-23?. The number of hydrogen-bond acceptors (Lipinski definition) is 5. The highest BCUT2D eigenvalue weighted by Gasteiger charge is 2.33. The topological polar surface area (TPSA) is 79.2 Å². The smallest absolute Gasteiger partial charge is 0.341 e. The number of benzene rings is 2. The maximum atomic E-state index is 13.0. The Labute approximate surface area is 180 Å². The molecule has 0 aromatic heterocycles. The van der Waals surface area contributed by atoms with Crippen LogP contribution in [0.25, 0.3) is 6.08 Å². The van der Waals surface area contributed by atoms with Gasteiger partial charge in [0.2, 0.25) is 0 Å². The van der Waals surface area contributed by atoms with Crippen LogP contribution in [0.1, 0.15) is 25.0 Å². The minimum absolute atomic E-state index is 0.0641. The maximum Gasteiger partial charge on any atom is 0.341 e. The van der Waals surface area contributed by atoms with Gasteiger partial charge in [-0.15, -0.1) is 0 Å². The van der Waals surface area contributed by atoms with Crippen molar-refractivity contribution in [3.05, 3.63) is 64.6 Å². The lowest BCUT2D eigenvalue weighted by Crippen LogP contribution is -2.32. The Morgan fingerprint density at radius 3 is 2.43 bits per heavy atom. The van der Waals surface area contributed by atoms with Gasteiger partial charge in [0.25, 0.3) is 5.91 Å². The molecule has 0 atom stereocenters. The number of thioether (sulfide) groups is 1. The molecule has 1 heterocycles. The molecule has 1 amide bonds. The Morgan fingerprint density at radius 2 is 1.83 bits per heavy atom. The van der Waals surface area contributed by atoms with E-state index in [0.717, 1.165) is 16.8 Å². The molecule has 1 N–H and O–H groups in total. The molecule has 2 aromatic rings. The fourth-order valence-electron chi connectivity index (χ4n) is 2.80. The van der Waals surface area contributed by atoms with Crippen molar-refractivity contribution in [2.24, 2.45) is 10.9 Å². The second-order valence-corrected chi connectivity index (χ2v) is 8.41. The van der Waals surface area contributed by atoms with Crippen LogP contribution in [0.15, 0.2) is 58.4 Å². The molecule has 3 rings (SSSR count). The number of amides is 1. The number of rotatable bonds is 7. The number of ether oxygens (including phenoxy) is 1. The van der Waals surface area contributed by atoms with E-state index in [2.05, 4.69) is 13.8 Å². The molecule has 0 radical (unpaired) electrons. The first-order valence-corrected chi connectivity index (χ1v) is 10.4. The number of aliphatic carboxylic acids is 1. The van der Waals surface area contributed by atoms with Gasteiger partial charge in [-0.05, 0) is 60.5 Å². The van der Waals surface area contributed by atoms with Crippen molar-refractivity contribution >= 4 is 40.6 Å². The molecule has 1 aliphatic heterocycles. The molecule has 1 aliphatic rings. The molecule has 0 saturated carbocycles. The van der Waals surface area contributed by atoms with Crippen molar-refractivity contribution in [3.8, 4) is 5.75 Å². The van der Waals surface area contributed by atoms with Crippen LogP contribution in [0.2, 0.25) is 0 Å². The molecular formula is C23H24N2O4S. The van der Waals surface area contributed by atoms with E-state index < -0.39 is 12.6 Å². The van der Waals surface area contributed by atoms with Crippen LogP contribution in [0.3, 0.4) is 0 Å². The van der Waals surface area contributed by atoms with Gasteiger partial charge in [0.05, 0.1) is 10.6 Å². The van der Waals surface area contributed by atoms with Crippen LogP contribution in [0.5, 0.6) is 5.75 Å². The second kappa shape index (κ2) is 9.63. The van der Waals surface area contributed by atoms with Crippen LogP contribution in [-0.2, 0) is 9.59 Å². The van der Waals surface area contributed by atoms with Crippen molar-refractivity contribution in [1.82, 2.24) is 4.90 Å². The predicted octanol–water partition coefficient (Wildman–Crippen LogP) is 4.72. The second-order valence-electron chi connectivity index (χ2n) is 7.40. The summed E-state index contributed by atoms with van der Waals surface area (Å²) in [6.07, 6.45) is 1.82. The zero-order valence-electron chi connectivity index (χ0n) is 17.2. The monoisotopic (exact) mass is 424 g/mol. The summed E-state index contributed by atoms with van der Waals surface area (Å²) >= 11 is 1.36. The molecule has 1 fully saturated rings. The molecular weight excluding hydrogens is 400 g/mol. The van der Waals surface area contributed by atoms with Crippen molar-refractivity contribution in [2.75, 3.05) is 13.2 Å². The van der Waals surface area contributed by atoms with Gasteiger partial charge in [-0.1, -0.05) is 43.7 Å². The van der Waals surface area contributed by atoms with Gasteiger partial charge < -0.3 is 9.84 Å². The average molecular weight is 425 g/mol. The first-order valence-electron chi connectivity index (χ1n) is 9.63. The third kappa shape index (κ3) is 5.73. The highest BCUT2D eigenvalue weighted by Crippen LogP contribution is 2.34. The summed E-state index contributed by atoms with van der Waals surface area (Å²) in [6.45, 7) is 6.36. The number of carbonyl (C=O) groups is 2. The highest BCUT2D eigenvalue weighted by atomic mass is 32.2. The van der Waals surface area contributed by atoms with Gasteiger partial charge in [-0.2, -0.15) is 0 Å². The number of aryl methyl sites for hydroxylation is 1. The molecule has 0 spiro atoms. The number of carboxylic acids is 1. The minimum Gasteiger partial charge on any atom is -0.482 e. The molecule has 1 saturated heterocycles. The first kappa shape index (κ1) is 21.6. The Morgan fingerprint density at radius 1 is 1.17 bits per heavy atom. The zero-order chi connectivity index (χ0) is 21.7. The van der Waals surface area contributed by atoms with E-state index in [0.29, 0.717) is 28.3 Å². The van der Waals surface area contributed by atoms with E-state index >= 15 is 0 Å². The molecule has 7 heteroatoms. The molecule has 30 heavy (non-hydrogen) atoms. The maximum absolute atomic E-state index is 13.0. The number of hydrogen-bond donors (Lipinski definition) is 1. The number of carbonyl (C=O) groups excluding carboxylic acids is 1. The van der Waals surface area contributed by atoms with Crippen LogP contribution >= 0.6 is 11.8 Å². The number of aliphatic imine (C=N–C) groups is 1. The largest absolute Gasteiger partial charge is 0.482 e. The fourth-order valence-corrected chi connectivity index (χ4v) is 3.81. The van der Waals surface area contributed by atoms with E-state index in [1.807, 2.05) is 37.3 Å². The van der Waals surface area contributed by atoms with E-state index in [1.165, 1.54) is 11.8 Å². The number of carboxylic acid groups (broad SMARTS) is 1. The summed E-state index contributed by atoms with van der Waals surface area (Å²) in [4.78, 5) is 30.6. The molecule has 0 bridgehead atoms. The summed E-state index contributed by atoms with van der Waals surface area (Å²) in [5, 5.41) is 9.36. The third-order valence-corrected chi connectivity index (χ3v) is 5.24. The van der Waals surface area contributed by atoms with Gasteiger partial charge >= 0.3 is 5.97 Å². The number of nitrogens with zero attached hydrogens (tertiary/aromatic N) is 2. The van der Waals surface area contributed by atoms with Crippen LogP contribution < -0.4 is 4.74 Å². The van der Waals surface area contributed by atoms with Crippen molar-refractivity contribution in [1.29, 1.82) is 0 Å². The molecule has 2 aromatic carbocycles. The normalized spacial score (nSPS) is 16.7. The third-order valence-electron chi connectivity index (χ3n) is 4.23. The Bertz CT molecular complexity index is 979. The summed E-state index contributed by atoms with van der Waals surface area (Å²) < 4.78 is 5.15. The highest BCUT2D eigenvalue weighted by molar-refractivity contribution is 8.18. The van der Waals surface area contributed by atoms with E-state index in [-0.39, 0.29) is 5.91 Å². The summed E-state index contributed by atoms with van der Waals surface area (Å²) in [5.41, 5.74) is 2.80. The van der Waals surface area contributed by atoms with Crippen molar-refractivity contribution < 1.29 is 19.4 Å². The van der Waals surface area contributed by atoms with Crippen molar-refractivity contribution in [2.45, 2.75) is 20.8 Å². The lowest BCUT2D eigenvalue weighted by atomic mass is 10.2. The van der Waals surface area contributed by atoms with Crippen LogP contribution in [-0.4, -0.2) is 40.2 Å². The Kier molecular flexibility index (Phi) is 6.95. The zero-order valence-corrected chi connectivity index (χ0v) is 18.0. The summed E-state index contributed by atoms with van der Waals surface area (Å²) in [7, 11) is 0. The van der Waals surface area contributed by atoms with Gasteiger partial charge in [0, 0.05) is 6.54 Å². The molecule has 156 valence electrons.